The van der Waals surface area contributed by atoms with Gasteiger partial charge in [-0.1, -0.05) is 6.92 Å². The summed E-state index contributed by atoms with van der Waals surface area (Å²) >= 11 is 0. The van der Waals surface area contributed by atoms with Crippen LogP contribution in [0.25, 0.3) is 22.3 Å². The van der Waals surface area contributed by atoms with Crippen LogP contribution in [0, 0.1) is 0 Å². The predicted octanol–water partition coefficient (Wildman–Crippen LogP) is 2.47. The number of aliphatic hydroxyl groups excluding tert-OH is 1. The second kappa shape index (κ2) is 7.09. The van der Waals surface area contributed by atoms with Crippen LogP contribution >= 0.6 is 0 Å². The molecule has 3 heterocycles. The fraction of sp³-hybridized carbons (Fsp3) is 0.286. The number of pyridine rings is 2. The van der Waals surface area contributed by atoms with Crippen LogP contribution in [0.2, 0.25) is 0 Å². The molecule has 0 aliphatic carbocycles. The van der Waals surface area contributed by atoms with E-state index in [2.05, 4.69) is 4.98 Å². The Morgan fingerprint density at radius 2 is 2.11 bits per heavy atom. The fourth-order valence-electron chi connectivity index (χ4n) is 3.54. The molecule has 0 fully saturated rings. The van der Waals surface area contributed by atoms with Gasteiger partial charge in [0.1, 0.15) is 12.4 Å². The van der Waals surface area contributed by atoms with Gasteiger partial charge in [0.05, 0.1) is 35.6 Å². The number of hydrogen-bond acceptors (Lipinski definition) is 6. The number of ether oxygens (including phenoxy) is 1. The number of aliphatic hydroxyl groups is 1. The number of nitrogens with zero attached hydrogens (tertiary/aromatic N) is 2. The van der Waals surface area contributed by atoms with Crippen molar-refractivity contribution in [3.63, 3.8) is 0 Å². The van der Waals surface area contributed by atoms with Gasteiger partial charge in [-0.3, -0.25) is 9.59 Å². The Hall–Kier alpha value is -3.19. The summed E-state index contributed by atoms with van der Waals surface area (Å²) in [5.74, 6) is -0.215. The van der Waals surface area contributed by atoms with E-state index in [1.54, 1.807) is 28.8 Å². The summed E-state index contributed by atoms with van der Waals surface area (Å²) in [5.41, 5.74) is 3.30. The third-order valence-corrected chi connectivity index (χ3v) is 4.94. The normalized spacial score (nSPS) is 12.1. The summed E-state index contributed by atoms with van der Waals surface area (Å²) in [6.45, 7) is 1.72. The maximum absolute atomic E-state index is 13.0. The molecule has 0 amide bonds. The standard InChI is InChI=1S/C21H20N2O5/c1-2-3-19(26)28-11-16-14(10-24)8-18-20-13(9-23(18)21(16)27)6-12-7-15(25)4-5-17(12)22-20/h4-8,24-25H,2-3,9-11H2,1H3. The molecule has 0 radical (unpaired) electrons. The maximum Gasteiger partial charge on any atom is 0.306 e. The summed E-state index contributed by atoms with van der Waals surface area (Å²) in [5, 5.41) is 20.2. The van der Waals surface area contributed by atoms with Crippen molar-refractivity contribution in [1.82, 2.24) is 9.55 Å². The Labute approximate surface area is 160 Å². The third kappa shape index (κ3) is 3.03. The van der Waals surface area contributed by atoms with Crippen LogP contribution in [0.3, 0.4) is 0 Å². The Morgan fingerprint density at radius 3 is 2.86 bits per heavy atom. The first-order chi connectivity index (χ1) is 13.5. The predicted molar refractivity (Wildman–Crippen MR) is 103 cm³/mol. The molecule has 1 aliphatic heterocycles. The first kappa shape index (κ1) is 18.2. The highest BCUT2D eigenvalue weighted by Gasteiger charge is 2.25. The molecule has 1 aliphatic rings. The van der Waals surface area contributed by atoms with E-state index in [1.165, 1.54) is 0 Å². The fourth-order valence-corrected chi connectivity index (χ4v) is 3.54. The first-order valence-corrected chi connectivity index (χ1v) is 9.17. The van der Waals surface area contributed by atoms with Gasteiger partial charge in [-0.15, -0.1) is 0 Å². The molecule has 1 aromatic carbocycles. The number of hydrogen-bond donors (Lipinski definition) is 2. The van der Waals surface area contributed by atoms with Crippen molar-refractivity contribution in [1.29, 1.82) is 0 Å². The van der Waals surface area contributed by atoms with Crippen LogP contribution in [-0.4, -0.2) is 25.7 Å². The molecule has 0 saturated carbocycles. The second-order valence-electron chi connectivity index (χ2n) is 6.87. The van der Waals surface area contributed by atoms with Gasteiger partial charge in [0.15, 0.2) is 0 Å². The molecule has 0 unspecified atom stereocenters. The average molecular weight is 380 g/mol. The third-order valence-electron chi connectivity index (χ3n) is 4.94. The maximum atomic E-state index is 13.0. The number of phenols is 1. The highest BCUT2D eigenvalue weighted by atomic mass is 16.5. The minimum Gasteiger partial charge on any atom is -0.508 e. The molecule has 7 heteroatoms. The molecule has 0 bridgehead atoms. The molecule has 28 heavy (non-hydrogen) atoms. The van der Waals surface area contributed by atoms with E-state index < -0.39 is 0 Å². The zero-order valence-electron chi connectivity index (χ0n) is 15.4. The summed E-state index contributed by atoms with van der Waals surface area (Å²) in [6.07, 6.45) is 0.953. The number of carbonyl (C=O) groups excluding carboxylic acids is 1. The average Bonchev–Trinajstić information content (AvgIpc) is 3.03. The van der Waals surface area contributed by atoms with Crippen molar-refractivity contribution in [3.8, 4) is 17.1 Å². The molecule has 0 atom stereocenters. The summed E-state index contributed by atoms with van der Waals surface area (Å²) < 4.78 is 6.78. The number of phenolic OH excluding ortho intramolecular Hbond substituents is 1. The lowest BCUT2D eigenvalue weighted by Gasteiger charge is -2.12. The Balaban J connectivity index is 1.78. The van der Waals surface area contributed by atoms with Crippen LogP contribution in [0.5, 0.6) is 5.75 Å². The molecule has 0 saturated heterocycles. The quantitative estimate of drug-likeness (QED) is 0.516. The van der Waals surface area contributed by atoms with Crippen molar-refractivity contribution >= 4 is 16.9 Å². The number of rotatable bonds is 5. The number of esters is 1. The van der Waals surface area contributed by atoms with Crippen LogP contribution in [0.4, 0.5) is 0 Å². The second-order valence-corrected chi connectivity index (χ2v) is 6.87. The molecule has 2 aromatic heterocycles. The van der Waals surface area contributed by atoms with Gasteiger partial charge < -0.3 is 19.5 Å². The highest BCUT2D eigenvalue weighted by Crippen LogP contribution is 2.33. The first-order valence-electron chi connectivity index (χ1n) is 9.17. The molecule has 2 N–H and O–H groups in total. The van der Waals surface area contributed by atoms with Crippen LogP contribution in [0.1, 0.15) is 36.5 Å². The molecular formula is C21H20N2O5. The molecule has 4 rings (SSSR count). The zero-order chi connectivity index (χ0) is 19.8. The van der Waals surface area contributed by atoms with Gasteiger partial charge in [0, 0.05) is 17.4 Å². The van der Waals surface area contributed by atoms with E-state index in [4.69, 9.17) is 4.74 Å². The SMILES string of the molecule is CCCC(=O)OCc1c(CO)cc2n(c1=O)Cc1cc3cc(O)ccc3nc1-2. The molecule has 0 spiro atoms. The van der Waals surface area contributed by atoms with Gasteiger partial charge in [0.25, 0.3) is 5.56 Å². The van der Waals surface area contributed by atoms with Crippen molar-refractivity contribution in [3.05, 3.63) is 57.4 Å². The molecular weight excluding hydrogens is 360 g/mol. The monoisotopic (exact) mass is 380 g/mol. The number of aromatic hydroxyl groups is 1. The lowest BCUT2D eigenvalue weighted by Crippen LogP contribution is -2.26. The van der Waals surface area contributed by atoms with Gasteiger partial charge in [0.2, 0.25) is 0 Å². The van der Waals surface area contributed by atoms with Crippen LogP contribution < -0.4 is 5.56 Å². The Kier molecular flexibility index (Phi) is 4.60. The number of carbonyl (C=O) groups is 1. The van der Waals surface area contributed by atoms with Gasteiger partial charge >= 0.3 is 5.97 Å². The van der Waals surface area contributed by atoms with Crippen molar-refractivity contribution in [2.75, 3.05) is 0 Å². The topological polar surface area (TPSA) is 102 Å². The van der Waals surface area contributed by atoms with Gasteiger partial charge in [-0.2, -0.15) is 0 Å². The van der Waals surface area contributed by atoms with Crippen LogP contribution in [-0.2, 0) is 29.3 Å². The minimum absolute atomic E-state index is 0.153. The van der Waals surface area contributed by atoms with Crippen LogP contribution in [0.15, 0.2) is 35.1 Å². The van der Waals surface area contributed by atoms with E-state index in [0.717, 1.165) is 10.9 Å². The zero-order valence-corrected chi connectivity index (χ0v) is 15.4. The summed E-state index contributed by atoms with van der Waals surface area (Å²) in [6, 6.07) is 8.56. The number of aromatic nitrogens is 2. The Morgan fingerprint density at radius 1 is 1.29 bits per heavy atom. The molecule has 7 nitrogen and oxygen atoms in total. The van der Waals surface area contributed by atoms with E-state index in [1.807, 2.05) is 13.0 Å². The van der Waals surface area contributed by atoms with E-state index >= 15 is 0 Å². The van der Waals surface area contributed by atoms with Crippen molar-refractivity contribution in [2.45, 2.75) is 39.5 Å². The van der Waals surface area contributed by atoms with E-state index in [-0.39, 0.29) is 42.5 Å². The smallest absolute Gasteiger partial charge is 0.306 e. The highest BCUT2D eigenvalue weighted by molar-refractivity contribution is 5.85. The van der Waals surface area contributed by atoms with E-state index in [0.29, 0.717) is 35.4 Å². The molecule has 3 aromatic rings. The van der Waals surface area contributed by atoms with Crippen molar-refractivity contribution in [2.24, 2.45) is 0 Å². The largest absolute Gasteiger partial charge is 0.508 e. The Bertz CT molecular complexity index is 1150. The number of benzene rings is 1. The minimum atomic E-state index is -0.368. The summed E-state index contributed by atoms with van der Waals surface area (Å²) in [7, 11) is 0. The lowest BCUT2D eigenvalue weighted by atomic mass is 10.1. The summed E-state index contributed by atoms with van der Waals surface area (Å²) in [4.78, 5) is 29.3. The van der Waals surface area contributed by atoms with Gasteiger partial charge in [-0.25, -0.2) is 4.98 Å². The van der Waals surface area contributed by atoms with E-state index in [9.17, 15) is 19.8 Å². The lowest BCUT2D eigenvalue weighted by molar-refractivity contribution is -0.145. The molecule has 144 valence electrons. The van der Waals surface area contributed by atoms with Crippen molar-refractivity contribution < 1.29 is 19.7 Å². The number of fused-ring (bicyclic) bond motifs is 4. The van der Waals surface area contributed by atoms with Gasteiger partial charge in [-0.05, 0) is 42.3 Å².